The normalized spacial score (nSPS) is 9.83. The van der Waals surface area contributed by atoms with Crippen molar-refractivity contribution in [3.8, 4) is 0 Å². The molecular formula is C8H13N3O. The summed E-state index contributed by atoms with van der Waals surface area (Å²) in [6.07, 6.45) is 1.71. The van der Waals surface area contributed by atoms with Crippen LogP contribution in [0.5, 0.6) is 0 Å². The molecule has 3 N–H and O–H groups in total. The molecule has 0 bridgehead atoms. The van der Waals surface area contributed by atoms with Crippen molar-refractivity contribution in [1.82, 2.24) is 9.88 Å². The first-order chi connectivity index (χ1) is 5.65. The van der Waals surface area contributed by atoms with Gasteiger partial charge in [-0.1, -0.05) is 0 Å². The van der Waals surface area contributed by atoms with Crippen LogP contribution in [-0.4, -0.2) is 17.0 Å². The van der Waals surface area contributed by atoms with E-state index in [-0.39, 0.29) is 5.91 Å². The van der Waals surface area contributed by atoms with Gasteiger partial charge in [-0.05, 0) is 13.0 Å². The summed E-state index contributed by atoms with van der Waals surface area (Å²) >= 11 is 0. The molecule has 4 nitrogen and oxygen atoms in total. The highest BCUT2D eigenvalue weighted by atomic mass is 16.1. The van der Waals surface area contributed by atoms with Crippen molar-refractivity contribution in [3.05, 3.63) is 18.0 Å². The van der Waals surface area contributed by atoms with Gasteiger partial charge in [0.05, 0.1) is 5.69 Å². The number of hydrogen-bond acceptors (Lipinski definition) is 2. The molecule has 0 saturated carbocycles. The SMILES string of the molecule is CCNC(=O)c1cc(N)cn1C. The van der Waals surface area contributed by atoms with Gasteiger partial charge in [0.25, 0.3) is 5.91 Å². The lowest BCUT2D eigenvalue weighted by Gasteiger charge is -2.01. The van der Waals surface area contributed by atoms with Crippen molar-refractivity contribution in [2.24, 2.45) is 7.05 Å². The third-order valence-corrected chi connectivity index (χ3v) is 1.60. The number of carbonyl (C=O) groups excluding carboxylic acids is 1. The number of aryl methyl sites for hydroxylation is 1. The van der Waals surface area contributed by atoms with Crippen LogP contribution in [0.3, 0.4) is 0 Å². The standard InChI is InChI=1S/C8H13N3O/c1-3-10-8(12)7-4-6(9)5-11(7)2/h4-5H,3,9H2,1-2H3,(H,10,12). The Hall–Kier alpha value is -1.45. The maximum atomic E-state index is 11.3. The summed E-state index contributed by atoms with van der Waals surface area (Å²) in [6, 6.07) is 1.66. The number of nitrogens with zero attached hydrogens (tertiary/aromatic N) is 1. The zero-order valence-electron chi connectivity index (χ0n) is 7.29. The van der Waals surface area contributed by atoms with E-state index in [1.165, 1.54) is 0 Å². The van der Waals surface area contributed by atoms with Gasteiger partial charge in [-0.2, -0.15) is 0 Å². The van der Waals surface area contributed by atoms with Gasteiger partial charge >= 0.3 is 0 Å². The maximum Gasteiger partial charge on any atom is 0.267 e. The minimum atomic E-state index is -0.0864. The molecule has 1 aromatic heterocycles. The van der Waals surface area contributed by atoms with E-state index in [1.54, 1.807) is 23.9 Å². The highest BCUT2D eigenvalue weighted by Gasteiger charge is 2.08. The Morgan fingerprint density at radius 3 is 2.83 bits per heavy atom. The van der Waals surface area contributed by atoms with Crippen LogP contribution in [0.2, 0.25) is 0 Å². The predicted octanol–water partition coefficient (Wildman–Crippen LogP) is 0.357. The average molecular weight is 167 g/mol. The largest absolute Gasteiger partial charge is 0.397 e. The lowest BCUT2D eigenvalue weighted by Crippen LogP contribution is -2.24. The van der Waals surface area contributed by atoms with Gasteiger partial charge in [0.15, 0.2) is 0 Å². The van der Waals surface area contributed by atoms with Gasteiger partial charge < -0.3 is 15.6 Å². The lowest BCUT2D eigenvalue weighted by atomic mass is 10.4. The number of nitrogens with two attached hydrogens (primary N) is 1. The molecule has 0 atom stereocenters. The van der Waals surface area contributed by atoms with E-state index in [9.17, 15) is 4.79 Å². The molecule has 4 heteroatoms. The van der Waals surface area contributed by atoms with Crippen LogP contribution >= 0.6 is 0 Å². The van der Waals surface area contributed by atoms with Gasteiger partial charge in [0, 0.05) is 19.8 Å². The van der Waals surface area contributed by atoms with Crippen LogP contribution < -0.4 is 11.1 Å². The van der Waals surface area contributed by atoms with Gasteiger partial charge in [-0.3, -0.25) is 4.79 Å². The molecule has 0 spiro atoms. The average Bonchev–Trinajstić information content (AvgIpc) is 2.30. The molecule has 12 heavy (non-hydrogen) atoms. The fraction of sp³-hybridized carbons (Fsp3) is 0.375. The highest BCUT2D eigenvalue weighted by molar-refractivity contribution is 5.93. The molecule has 0 radical (unpaired) electrons. The molecule has 1 amide bonds. The Labute approximate surface area is 71.4 Å². The molecule has 0 aromatic carbocycles. The molecule has 0 aliphatic heterocycles. The molecular weight excluding hydrogens is 154 g/mol. The summed E-state index contributed by atoms with van der Waals surface area (Å²) in [7, 11) is 1.79. The van der Waals surface area contributed by atoms with Crippen molar-refractivity contribution < 1.29 is 4.79 Å². The number of rotatable bonds is 2. The van der Waals surface area contributed by atoms with Crippen molar-refractivity contribution in [1.29, 1.82) is 0 Å². The first kappa shape index (κ1) is 8.64. The van der Waals surface area contributed by atoms with Gasteiger partial charge in [-0.25, -0.2) is 0 Å². The van der Waals surface area contributed by atoms with Gasteiger partial charge in [-0.15, -0.1) is 0 Å². The quantitative estimate of drug-likeness (QED) is 0.668. The molecule has 1 rings (SSSR count). The van der Waals surface area contributed by atoms with Crippen molar-refractivity contribution in [3.63, 3.8) is 0 Å². The first-order valence-corrected chi connectivity index (χ1v) is 3.85. The topological polar surface area (TPSA) is 60.1 Å². The molecule has 0 aliphatic rings. The van der Waals surface area contributed by atoms with E-state index < -0.39 is 0 Å². The van der Waals surface area contributed by atoms with Gasteiger partial charge in [0.1, 0.15) is 5.69 Å². The Bertz CT molecular complexity index is 290. The lowest BCUT2D eigenvalue weighted by molar-refractivity contribution is 0.0948. The molecule has 1 aromatic rings. The van der Waals surface area contributed by atoms with Crippen molar-refractivity contribution >= 4 is 11.6 Å². The monoisotopic (exact) mass is 167 g/mol. The number of hydrogen-bond donors (Lipinski definition) is 2. The van der Waals surface area contributed by atoms with Crippen LogP contribution in [-0.2, 0) is 7.05 Å². The highest BCUT2D eigenvalue weighted by Crippen LogP contribution is 2.07. The summed E-state index contributed by atoms with van der Waals surface area (Å²) in [6.45, 7) is 2.51. The molecule has 0 aliphatic carbocycles. The van der Waals surface area contributed by atoms with Crippen LogP contribution in [0.1, 0.15) is 17.4 Å². The second-order valence-electron chi connectivity index (χ2n) is 2.63. The minimum absolute atomic E-state index is 0.0864. The minimum Gasteiger partial charge on any atom is -0.397 e. The van der Waals surface area contributed by atoms with Gasteiger partial charge in [0.2, 0.25) is 0 Å². The summed E-state index contributed by atoms with van der Waals surface area (Å²) in [5.41, 5.74) is 6.71. The van der Waals surface area contributed by atoms with Crippen LogP contribution in [0.15, 0.2) is 12.3 Å². The number of amides is 1. The first-order valence-electron chi connectivity index (χ1n) is 3.85. The van der Waals surface area contributed by atoms with Crippen LogP contribution in [0, 0.1) is 0 Å². The van der Waals surface area contributed by atoms with E-state index in [0.29, 0.717) is 17.9 Å². The Morgan fingerprint density at radius 2 is 2.42 bits per heavy atom. The number of nitrogen functional groups attached to an aromatic ring is 1. The summed E-state index contributed by atoms with van der Waals surface area (Å²) < 4.78 is 1.71. The second kappa shape index (κ2) is 3.30. The maximum absolute atomic E-state index is 11.3. The Balaban J connectivity index is 2.87. The third-order valence-electron chi connectivity index (χ3n) is 1.60. The number of carbonyl (C=O) groups is 1. The molecule has 0 fully saturated rings. The van der Waals surface area contributed by atoms with Crippen LogP contribution in [0.25, 0.3) is 0 Å². The second-order valence-corrected chi connectivity index (χ2v) is 2.63. The Kier molecular flexibility index (Phi) is 2.38. The number of nitrogens with one attached hydrogen (secondary N) is 1. The molecule has 66 valence electrons. The molecule has 0 saturated heterocycles. The van der Waals surface area contributed by atoms with E-state index in [2.05, 4.69) is 5.32 Å². The summed E-state index contributed by atoms with van der Waals surface area (Å²) in [5, 5.41) is 2.70. The smallest absolute Gasteiger partial charge is 0.267 e. The van der Waals surface area contributed by atoms with Crippen molar-refractivity contribution in [2.45, 2.75) is 6.92 Å². The van der Waals surface area contributed by atoms with Crippen molar-refractivity contribution in [2.75, 3.05) is 12.3 Å². The number of anilines is 1. The van der Waals surface area contributed by atoms with Crippen LogP contribution in [0.4, 0.5) is 5.69 Å². The molecule has 0 unspecified atom stereocenters. The third kappa shape index (κ3) is 1.58. The Morgan fingerprint density at radius 1 is 1.75 bits per heavy atom. The summed E-state index contributed by atoms with van der Waals surface area (Å²) in [5.74, 6) is -0.0864. The van der Waals surface area contributed by atoms with E-state index in [4.69, 9.17) is 5.73 Å². The predicted molar refractivity (Wildman–Crippen MR) is 47.8 cm³/mol. The van der Waals surface area contributed by atoms with E-state index in [1.807, 2.05) is 6.92 Å². The molecule has 1 heterocycles. The summed E-state index contributed by atoms with van der Waals surface area (Å²) in [4.78, 5) is 11.3. The zero-order chi connectivity index (χ0) is 9.14. The van der Waals surface area contributed by atoms with E-state index >= 15 is 0 Å². The van der Waals surface area contributed by atoms with E-state index in [0.717, 1.165) is 0 Å². The fourth-order valence-electron chi connectivity index (χ4n) is 1.07. The number of aromatic nitrogens is 1. The zero-order valence-corrected chi connectivity index (χ0v) is 7.29. The fourth-order valence-corrected chi connectivity index (χ4v) is 1.07.